The van der Waals surface area contributed by atoms with Crippen molar-refractivity contribution in [2.24, 2.45) is 7.05 Å². The minimum absolute atomic E-state index is 0.0139. The SMILES string of the molecule is COc1ccc2c(c1)c(CC(C)NC(=O)c1ccc(-n3nc(C)cc3C)cc1)cn2C. The fourth-order valence-corrected chi connectivity index (χ4v) is 4.07. The van der Waals surface area contributed by atoms with Gasteiger partial charge in [-0.25, -0.2) is 4.68 Å². The number of methoxy groups -OCH3 is 1. The molecular weight excluding hydrogens is 388 g/mol. The van der Waals surface area contributed by atoms with Crippen molar-refractivity contribution in [1.29, 1.82) is 0 Å². The minimum atomic E-state index is -0.0785. The first kappa shape index (κ1) is 20.7. The van der Waals surface area contributed by atoms with Gasteiger partial charge in [0.1, 0.15) is 5.75 Å². The molecule has 1 atom stereocenters. The van der Waals surface area contributed by atoms with Crippen molar-refractivity contribution >= 4 is 16.8 Å². The van der Waals surface area contributed by atoms with Gasteiger partial charge in [-0.15, -0.1) is 0 Å². The van der Waals surface area contributed by atoms with E-state index < -0.39 is 0 Å². The summed E-state index contributed by atoms with van der Waals surface area (Å²) < 4.78 is 9.37. The fraction of sp³-hybridized carbons (Fsp3) is 0.280. The van der Waals surface area contributed by atoms with Crippen molar-refractivity contribution in [3.05, 3.63) is 77.2 Å². The number of hydrogen-bond acceptors (Lipinski definition) is 3. The summed E-state index contributed by atoms with van der Waals surface area (Å²) >= 11 is 0. The Bertz CT molecular complexity index is 1230. The molecule has 0 fully saturated rings. The normalized spacial score (nSPS) is 12.2. The summed E-state index contributed by atoms with van der Waals surface area (Å²) in [5, 5.41) is 8.76. The molecule has 4 rings (SSSR count). The lowest BCUT2D eigenvalue weighted by molar-refractivity contribution is 0.0940. The molecule has 6 nitrogen and oxygen atoms in total. The van der Waals surface area contributed by atoms with E-state index in [-0.39, 0.29) is 11.9 Å². The Kier molecular flexibility index (Phi) is 5.55. The summed E-state index contributed by atoms with van der Waals surface area (Å²) in [5.41, 5.74) is 5.95. The van der Waals surface area contributed by atoms with Gasteiger partial charge in [0.25, 0.3) is 5.91 Å². The van der Waals surface area contributed by atoms with E-state index in [0.717, 1.165) is 40.1 Å². The van der Waals surface area contributed by atoms with Gasteiger partial charge in [-0.05, 0) is 81.3 Å². The highest BCUT2D eigenvalue weighted by molar-refractivity contribution is 5.94. The van der Waals surface area contributed by atoms with Crippen molar-refractivity contribution in [2.45, 2.75) is 33.2 Å². The van der Waals surface area contributed by atoms with Gasteiger partial charge in [-0.2, -0.15) is 5.10 Å². The maximum atomic E-state index is 12.8. The van der Waals surface area contributed by atoms with Gasteiger partial charge >= 0.3 is 0 Å². The summed E-state index contributed by atoms with van der Waals surface area (Å²) in [4.78, 5) is 12.8. The third kappa shape index (κ3) is 4.19. The van der Waals surface area contributed by atoms with Crippen LogP contribution in [-0.2, 0) is 13.5 Å². The van der Waals surface area contributed by atoms with E-state index in [4.69, 9.17) is 4.74 Å². The molecule has 1 N–H and O–H groups in total. The van der Waals surface area contributed by atoms with Gasteiger partial charge in [-0.3, -0.25) is 4.79 Å². The number of nitrogens with one attached hydrogen (secondary N) is 1. The number of rotatable bonds is 6. The number of aryl methyl sites for hydroxylation is 3. The molecule has 2 aromatic heterocycles. The van der Waals surface area contributed by atoms with Crippen LogP contribution in [0.2, 0.25) is 0 Å². The van der Waals surface area contributed by atoms with Gasteiger partial charge in [-0.1, -0.05) is 0 Å². The summed E-state index contributed by atoms with van der Waals surface area (Å²) in [7, 11) is 3.71. The van der Waals surface area contributed by atoms with Gasteiger partial charge in [0.15, 0.2) is 0 Å². The number of benzene rings is 2. The minimum Gasteiger partial charge on any atom is -0.497 e. The second-order valence-electron chi connectivity index (χ2n) is 8.11. The maximum Gasteiger partial charge on any atom is 0.251 e. The zero-order valence-electron chi connectivity index (χ0n) is 18.6. The number of ether oxygens (including phenoxy) is 1. The predicted molar refractivity (Wildman–Crippen MR) is 123 cm³/mol. The summed E-state index contributed by atoms with van der Waals surface area (Å²) in [6.07, 6.45) is 2.86. The Hall–Kier alpha value is -3.54. The third-order valence-corrected chi connectivity index (χ3v) is 5.57. The molecule has 4 aromatic rings. The van der Waals surface area contributed by atoms with E-state index in [9.17, 15) is 4.79 Å². The Labute approximate surface area is 182 Å². The van der Waals surface area contributed by atoms with E-state index in [1.54, 1.807) is 7.11 Å². The van der Waals surface area contributed by atoms with Gasteiger partial charge < -0.3 is 14.6 Å². The van der Waals surface area contributed by atoms with E-state index >= 15 is 0 Å². The van der Waals surface area contributed by atoms with E-state index in [0.29, 0.717) is 5.56 Å². The van der Waals surface area contributed by atoms with Crippen LogP contribution >= 0.6 is 0 Å². The smallest absolute Gasteiger partial charge is 0.251 e. The molecule has 0 aliphatic rings. The molecule has 160 valence electrons. The molecule has 0 bridgehead atoms. The van der Waals surface area contributed by atoms with Crippen LogP contribution < -0.4 is 10.1 Å². The Morgan fingerprint density at radius 3 is 2.52 bits per heavy atom. The van der Waals surface area contributed by atoms with E-state index in [1.807, 2.05) is 68.9 Å². The largest absolute Gasteiger partial charge is 0.497 e. The first-order valence-corrected chi connectivity index (χ1v) is 10.4. The number of fused-ring (bicyclic) bond motifs is 1. The van der Waals surface area contributed by atoms with Crippen molar-refractivity contribution in [3.8, 4) is 11.4 Å². The van der Waals surface area contributed by atoms with E-state index in [1.165, 1.54) is 5.56 Å². The predicted octanol–water partition coefficient (Wildman–Crippen LogP) is 4.35. The summed E-state index contributed by atoms with van der Waals surface area (Å²) in [5.74, 6) is 0.754. The Morgan fingerprint density at radius 2 is 1.87 bits per heavy atom. The van der Waals surface area contributed by atoms with Crippen molar-refractivity contribution in [3.63, 3.8) is 0 Å². The molecule has 1 unspecified atom stereocenters. The van der Waals surface area contributed by atoms with Crippen LogP contribution in [0.3, 0.4) is 0 Å². The van der Waals surface area contributed by atoms with Crippen LogP contribution in [0, 0.1) is 13.8 Å². The molecule has 0 spiro atoms. The van der Waals surface area contributed by atoms with Crippen LogP contribution in [0.15, 0.2) is 54.7 Å². The molecule has 31 heavy (non-hydrogen) atoms. The van der Waals surface area contributed by atoms with Crippen LogP contribution in [0.25, 0.3) is 16.6 Å². The molecule has 2 aromatic carbocycles. The molecule has 2 heterocycles. The monoisotopic (exact) mass is 416 g/mol. The molecular formula is C25H28N4O2. The van der Waals surface area contributed by atoms with E-state index in [2.05, 4.69) is 33.3 Å². The highest BCUT2D eigenvalue weighted by Gasteiger charge is 2.15. The van der Waals surface area contributed by atoms with Crippen LogP contribution in [0.4, 0.5) is 0 Å². The maximum absolute atomic E-state index is 12.8. The zero-order chi connectivity index (χ0) is 22.1. The number of aromatic nitrogens is 3. The number of nitrogens with zero attached hydrogens (tertiary/aromatic N) is 3. The fourth-order valence-electron chi connectivity index (χ4n) is 4.07. The second-order valence-corrected chi connectivity index (χ2v) is 8.11. The lowest BCUT2D eigenvalue weighted by Crippen LogP contribution is -2.34. The van der Waals surface area contributed by atoms with Crippen LogP contribution in [0.1, 0.15) is 34.2 Å². The quantitative estimate of drug-likeness (QED) is 0.508. The molecule has 0 saturated heterocycles. The van der Waals surface area contributed by atoms with Gasteiger partial charge in [0.2, 0.25) is 0 Å². The van der Waals surface area contributed by atoms with Gasteiger partial charge in [0.05, 0.1) is 18.5 Å². The standard InChI is InChI=1S/C25H28N4O2/c1-16(13-20-15-28(4)24-11-10-22(31-5)14-23(20)24)26-25(30)19-6-8-21(9-7-19)29-18(3)12-17(2)27-29/h6-12,14-16H,13H2,1-5H3,(H,26,30). The summed E-state index contributed by atoms with van der Waals surface area (Å²) in [6.45, 7) is 6.02. The molecule has 0 radical (unpaired) electrons. The Morgan fingerprint density at radius 1 is 1.13 bits per heavy atom. The van der Waals surface area contributed by atoms with Crippen LogP contribution in [0.5, 0.6) is 5.75 Å². The lowest BCUT2D eigenvalue weighted by atomic mass is 10.1. The third-order valence-electron chi connectivity index (χ3n) is 5.57. The number of carbonyl (C=O) groups is 1. The number of hydrogen-bond donors (Lipinski definition) is 1. The zero-order valence-corrected chi connectivity index (χ0v) is 18.6. The topological polar surface area (TPSA) is 61.1 Å². The number of amides is 1. The average molecular weight is 417 g/mol. The number of carbonyl (C=O) groups excluding carboxylic acids is 1. The second kappa shape index (κ2) is 8.30. The van der Waals surface area contributed by atoms with Crippen LogP contribution in [-0.4, -0.2) is 33.4 Å². The van der Waals surface area contributed by atoms with Gasteiger partial charge in [0, 0.05) is 41.4 Å². The average Bonchev–Trinajstić information content (AvgIpc) is 3.25. The lowest BCUT2D eigenvalue weighted by Gasteiger charge is -2.14. The van der Waals surface area contributed by atoms with Crippen molar-refractivity contribution < 1.29 is 9.53 Å². The van der Waals surface area contributed by atoms with Crippen molar-refractivity contribution in [2.75, 3.05) is 7.11 Å². The van der Waals surface area contributed by atoms with Crippen molar-refractivity contribution in [1.82, 2.24) is 19.7 Å². The Balaban J connectivity index is 1.46. The molecule has 1 amide bonds. The molecule has 0 aliphatic heterocycles. The first-order valence-electron chi connectivity index (χ1n) is 10.4. The molecule has 6 heteroatoms. The molecule has 0 aliphatic carbocycles. The summed E-state index contributed by atoms with van der Waals surface area (Å²) in [6, 6.07) is 15.6. The molecule has 0 saturated carbocycles. The first-order chi connectivity index (χ1) is 14.9. The highest BCUT2D eigenvalue weighted by atomic mass is 16.5. The highest BCUT2D eigenvalue weighted by Crippen LogP contribution is 2.26.